The minimum atomic E-state index is -3.65. The zero-order valence-corrected chi connectivity index (χ0v) is 15.0. The lowest BCUT2D eigenvalue weighted by Crippen LogP contribution is -2.23. The van der Waals surface area contributed by atoms with Gasteiger partial charge in [0, 0.05) is 17.5 Å². The molecule has 1 amide bonds. The van der Waals surface area contributed by atoms with Crippen LogP contribution in [0.4, 0.5) is 10.1 Å². The Labute approximate surface area is 149 Å². The number of nitrogens with zero attached hydrogens (tertiary/aromatic N) is 2. The third kappa shape index (κ3) is 3.99. The second-order valence-corrected chi connectivity index (χ2v) is 7.63. The Morgan fingerprint density at radius 3 is 2.73 bits per heavy atom. The fourth-order valence-electron chi connectivity index (χ4n) is 2.50. The maximum Gasteiger partial charge on any atom is 0.251 e. The molecule has 0 spiro atoms. The number of hydrogen-bond acceptors (Lipinski definition) is 4. The molecular formula is C17H17FN4O3S. The summed E-state index contributed by atoms with van der Waals surface area (Å²) in [7, 11) is -3.65. The van der Waals surface area contributed by atoms with E-state index in [-0.39, 0.29) is 17.8 Å². The zero-order chi connectivity index (χ0) is 18.9. The molecule has 0 unspecified atom stereocenters. The van der Waals surface area contributed by atoms with Crippen LogP contribution in [0.15, 0.2) is 42.6 Å². The number of nitrogens with one attached hydrogen (secondary N) is 2. The van der Waals surface area contributed by atoms with E-state index in [1.165, 1.54) is 6.07 Å². The molecule has 0 radical (unpaired) electrons. The number of imidazole rings is 1. The Balaban J connectivity index is 1.75. The minimum absolute atomic E-state index is 0.137. The van der Waals surface area contributed by atoms with Crippen molar-refractivity contribution in [1.82, 2.24) is 14.7 Å². The summed E-state index contributed by atoms with van der Waals surface area (Å²) >= 11 is 0. The number of hydrogen-bond donors (Lipinski definition) is 2. The predicted octanol–water partition coefficient (Wildman–Crippen LogP) is 2.08. The highest BCUT2D eigenvalue weighted by Gasteiger charge is 2.13. The van der Waals surface area contributed by atoms with Crippen LogP contribution in [-0.4, -0.2) is 30.0 Å². The van der Waals surface area contributed by atoms with Crippen molar-refractivity contribution in [2.45, 2.75) is 13.5 Å². The SMILES string of the molecule is Cc1cccc2nc(CNC(=O)c3ccc(F)c(NS(C)(=O)=O)c3)cn12. The number of pyridine rings is 1. The molecule has 136 valence electrons. The van der Waals surface area contributed by atoms with Crippen LogP contribution >= 0.6 is 0 Å². The molecular weight excluding hydrogens is 359 g/mol. The van der Waals surface area contributed by atoms with Crippen molar-refractivity contribution in [1.29, 1.82) is 0 Å². The van der Waals surface area contributed by atoms with Crippen LogP contribution in [0.5, 0.6) is 0 Å². The molecule has 0 aliphatic rings. The Morgan fingerprint density at radius 1 is 1.27 bits per heavy atom. The van der Waals surface area contributed by atoms with Gasteiger partial charge in [-0.15, -0.1) is 0 Å². The number of carbonyl (C=O) groups is 1. The normalized spacial score (nSPS) is 11.5. The van der Waals surface area contributed by atoms with Gasteiger partial charge in [0.25, 0.3) is 5.91 Å². The largest absolute Gasteiger partial charge is 0.346 e. The Bertz CT molecular complexity index is 1090. The standard InChI is InChI=1S/C17H17FN4O3S/c1-11-4-3-5-16-20-13(10-22(11)16)9-19-17(23)12-6-7-14(18)15(8-12)21-26(2,24)25/h3-8,10,21H,9H2,1-2H3,(H,19,23). The lowest BCUT2D eigenvalue weighted by atomic mass is 10.2. The Morgan fingerprint density at radius 2 is 2.04 bits per heavy atom. The molecule has 0 saturated heterocycles. The van der Waals surface area contributed by atoms with Gasteiger partial charge in [0.2, 0.25) is 10.0 Å². The molecule has 0 bridgehead atoms. The van der Waals surface area contributed by atoms with Crippen molar-refractivity contribution in [3.8, 4) is 0 Å². The van der Waals surface area contributed by atoms with E-state index < -0.39 is 21.7 Å². The molecule has 0 fully saturated rings. The van der Waals surface area contributed by atoms with E-state index in [1.807, 2.05) is 40.4 Å². The lowest BCUT2D eigenvalue weighted by Gasteiger charge is -2.08. The molecule has 7 nitrogen and oxygen atoms in total. The van der Waals surface area contributed by atoms with Gasteiger partial charge in [-0.2, -0.15) is 0 Å². The van der Waals surface area contributed by atoms with Gasteiger partial charge in [-0.1, -0.05) is 6.07 Å². The van der Waals surface area contributed by atoms with E-state index in [9.17, 15) is 17.6 Å². The summed E-state index contributed by atoms with van der Waals surface area (Å²) < 4.78 is 40.2. The fraction of sp³-hybridized carbons (Fsp3) is 0.176. The van der Waals surface area contributed by atoms with Crippen LogP contribution in [0.3, 0.4) is 0 Å². The van der Waals surface area contributed by atoms with Gasteiger partial charge in [-0.25, -0.2) is 17.8 Å². The van der Waals surface area contributed by atoms with E-state index in [4.69, 9.17) is 0 Å². The first-order valence-corrected chi connectivity index (χ1v) is 9.61. The molecule has 2 aromatic heterocycles. The summed E-state index contributed by atoms with van der Waals surface area (Å²) in [5.74, 6) is -1.22. The van der Waals surface area contributed by atoms with E-state index in [0.29, 0.717) is 5.69 Å². The molecule has 2 N–H and O–H groups in total. The summed E-state index contributed by atoms with van der Waals surface area (Å²) in [5.41, 5.74) is 2.32. The van der Waals surface area contributed by atoms with Crippen LogP contribution in [0, 0.1) is 12.7 Å². The highest BCUT2D eigenvalue weighted by atomic mass is 32.2. The second kappa shape index (κ2) is 6.75. The smallest absolute Gasteiger partial charge is 0.251 e. The summed E-state index contributed by atoms with van der Waals surface area (Å²) in [5, 5.41) is 2.69. The monoisotopic (exact) mass is 376 g/mol. The van der Waals surface area contributed by atoms with Crippen molar-refractivity contribution in [2.75, 3.05) is 11.0 Å². The molecule has 3 rings (SSSR count). The van der Waals surface area contributed by atoms with Crippen molar-refractivity contribution < 1.29 is 17.6 Å². The topological polar surface area (TPSA) is 92.6 Å². The van der Waals surface area contributed by atoms with Gasteiger partial charge < -0.3 is 9.72 Å². The maximum atomic E-state index is 13.7. The molecule has 0 aliphatic carbocycles. The van der Waals surface area contributed by atoms with Gasteiger partial charge in [-0.05, 0) is 37.3 Å². The number of anilines is 1. The highest BCUT2D eigenvalue weighted by Crippen LogP contribution is 2.17. The zero-order valence-electron chi connectivity index (χ0n) is 14.2. The molecule has 1 aromatic carbocycles. The molecule has 3 aromatic rings. The summed E-state index contributed by atoms with van der Waals surface area (Å²) in [6.45, 7) is 2.14. The van der Waals surface area contributed by atoms with Gasteiger partial charge >= 0.3 is 0 Å². The third-order valence-electron chi connectivity index (χ3n) is 3.70. The number of halogens is 1. The van der Waals surface area contributed by atoms with E-state index in [2.05, 4.69) is 10.3 Å². The summed E-state index contributed by atoms with van der Waals surface area (Å²) in [6, 6.07) is 9.18. The number of fused-ring (bicyclic) bond motifs is 1. The number of aromatic nitrogens is 2. The van der Waals surface area contributed by atoms with Crippen LogP contribution < -0.4 is 10.0 Å². The van der Waals surface area contributed by atoms with Crippen molar-refractivity contribution in [3.05, 3.63) is 65.4 Å². The van der Waals surface area contributed by atoms with Gasteiger partial charge in [0.05, 0.1) is 24.2 Å². The number of aryl methyl sites for hydroxylation is 1. The average molecular weight is 376 g/mol. The predicted molar refractivity (Wildman–Crippen MR) is 96.0 cm³/mol. The first-order chi connectivity index (χ1) is 12.2. The van der Waals surface area contributed by atoms with Gasteiger partial charge in [0.15, 0.2) is 0 Å². The lowest BCUT2D eigenvalue weighted by molar-refractivity contribution is 0.0950. The van der Waals surface area contributed by atoms with Crippen LogP contribution in [0.1, 0.15) is 21.7 Å². The van der Waals surface area contributed by atoms with Crippen molar-refractivity contribution in [2.24, 2.45) is 0 Å². The van der Waals surface area contributed by atoms with E-state index in [0.717, 1.165) is 29.7 Å². The van der Waals surface area contributed by atoms with Gasteiger partial charge in [-0.3, -0.25) is 9.52 Å². The van der Waals surface area contributed by atoms with Crippen LogP contribution in [-0.2, 0) is 16.6 Å². The van der Waals surface area contributed by atoms with Crippen molar-refractivity contribution in [3.63, 3.8) is 0 Å². The number of carbonyl (C=O) groups excluding carboxylic acids is 1. The first-order valence-electron chi connectivity index (χ1n) is 7.72. The molecule has 26 heavy (non-hydrogen) atoms. The number of benzene rings is 1. The minimum Gasteiger partial charge on any atom is -0.346 e. The Kier molecular flexibility index (Phi) is 4.64. The molecule has 0 saturated carbocycles. The molecule has 0 atom stereocenters. The fourth-order valence-corrected chi connectivity index (χ4v) is 3.06. The van der Waals surface area contributed by atoms with Gasteiger partial charge in [0.1, 0.15) is 11.5 Å². The quantitative estimate of drug-likeness (QED) is 0.713. The van der Waals surface area contributed by atoms with E-state index in [1.54, 1.807) is 0 Å². The summed E-state index contributed by atoms with van der Waals surface area (Å²) in [4.78, 5) is 16.7. The molecule has 2 heterocycles. The van der Waals surface area contributed by atoms with Crippen LogP contribution in [0.25, 0.3) is 5.65 Å². The Hall–Kier alpha value is -2.94. The third-order valence-corrected chi connectivity index (χ3v) is 4.29. The van der Waals surface area contributed by atoms with E-state index >= 15 is 0 Å². The number of amides is 1. The first kappa shape index (κ1) is 17.9. The summed E-state index contributed by atoms with van der Waals surface area (Å²) in [6.07, 6.45) is 2.73. The highest BCUT2D eigenvalue weighted by molar-refractivity contribution is 7.92. The maximum absolute atomic E-state index is 13.7. The average Bonchev–Trinajstić information content (AvgIpc) is 2.98. The van der Waals surface area contributed by atoms with Crippen LogP contribution in [0.2, 0.25) is 0 Å². The number of sulfonamides is 1. The second-order valence-electron chi connectivity index (χ2n) is 5.88. The molecule has 0 aliphatic heterocycles. The molecule has 9 heteroatoms. The van der Waals surface area contributed by atoms with Crippen molar-refractivity contribution >= 4 is 27.3 Å². The number of rotatable bonds is 5.